The molecule has 0 radical (unpaired) electrons. The fourth-order valence-electron chi connectivity index (χ4n) is 2.78. The topological polar surface area (TPSA) is 55.7 Å². The van der Waals surface area contributed by atoms with Gasteiger partial charge in [-0.3, -0.25) is 0 Å². The van der Waals surface area contributed by atoms with Gasteiger partial charge in [0, 0.05) is 18.2 Å². The van der Waals surface area contributed by atoms with Gasteiger partial charge >= 0.3 is 0 Å². The first-order chi connectivity index (χ1) is 12.1. The van der Waals surface area contributed by atoms with E-state index < -0.39 is 9.84 Å². The molecule has 2 aromatic rings. The monoisotopic (exact) mass is 369 g/mol. The van der Waals surface area contributed by atoms with Gasteiger partial charge in [-0.05, 0) is 49.6 Å². The number of sulfone groups is 1. The standard InChI is InChI=1S/C21H23NO3S/c1-21(2,3)25-22-19-14-18(20(19)16-8-6-5-7-9-16)15-10-12-17(13-11-15)26(4,23)24/h5-13H,14H2,1-4H3. The smallest absolute Gasteiger partial charge is 0.175 e. The summed E-state index contributed by atoms with van der Waals surface area (Å²) in [5.41, 5.74) is 4.85. The first kappa shape index (κ1) is 18.4. The van der Waals surface area contributed by atoms with Crippen molar-refractivity contribution in [2.24, 2.45) is 5.16 Å². The van der Waals surface area contributed by atoms with Crippen LogP contribution in [0.3, 0.4) is 0 Å². The Hall–Kier alpha value is -2.40. The zero-order chi connectivity index (χ0) is 18.9. The average Bonchev–Trinajstić information content (AvgIpc) is 2.53. The molecular weight excluding hydrogens is 346 g/mol. The van der Waals surface area contributed by atoms with Gasteiger partial charge in [0.2, 0.25) is 0 Å². The predicted octanol–water partition coefficient (Wildman–Crippen LogP) is 4.58. The second-order valence-corrected chi connectivity index (χ2v) is 9.45. The summed E-state index contributed by atoms with van der Waals surface area (Å²) >= 11 is 0. The number of oxime groups is 1. The lowest BCUT2D eigenvalue weighted by Gasteiger charge is -2.28. The molecule has 0 heterocycles. The van der Waals surface area contributed by atoms with Crippen LogP contribution in [0.15, 0.2) is 64.6 Å². The number of nitrogens with zero attached hydrogens (tertiary/aromatic N) is 1. The Bertz CT molecular complexity index is 964. The van der Waals surface area contributed by atoms with E-state index in [0.717, 1.165) is 28.0 Å². The van der Waals surface area contributed by atoms with Crippen LogP contribution in [-0.4, -0.2) is 26.0 Å². The summed E-state index contributed by atoms with van der Waals surface area (Å²) < 4.78 is 23.3. The van der Waals surface area contributed by atoms with E-state index in [2.05, 4.69) is 5.16 Å². The van der Waals surface area contributed by atoms with Crippen molar-refractivity contribution in [1.29, 1.82) is 0 Å². The van der Waals surface area contributed by atoms with Crippen LogP contribution in [-0.2, 0) is 14.7 Å². The van der Waals surface area contributed by atoms with E-state index in [-0.39, 0.29) is 5.60 Å². The van der Waals surface area contributed by atoms with Crippen LogP contribution >= 0.6 is 0 Å². The van der Waals surface area contributed by atoms with Gasteiger partial charge < -0.3 is 4.84 Å². The second kappa shape index (κ2) is 6.72. The van der Waals surface area contributed by atoms with E-state index in [1.165, 1.54) is 6.26 Å². The zero-order valence-corrected chi connectivity index (χ0v) is 16.3. The molecule has 0 saturated carbocycles. The van der Waals surface area contributed by atoms with E-state index in [0.29, 0.717) is 11.3 Å². The predicted molar refractivity (Wildman–Crippen MR) is 106 cm³/mol. The van der Waals surface area contributed by atoms with E-state index in [4.69, 9.17) is 4.84 Å². The van der Waals surface area contributed by atoms with Gasteiger partial charge in [0.15, 0.2) is 9.84 Å². The normalized spacial score (nSPS) is 16.5. The van der Waals surface area contributed by atoms with Crippen LogP contribution < -0.4 is 0 Å². The fourth-order valence-corrected chi connectivity index (χ4v) is 3.41. The van der Waals surface area contributed by atoms with Crippen molar-refractivity contribution in [1.82, 2.24) is 0 Å². The van der Waals surface area contributed by atoms with Crippen molar-refractivity contribution in [3.05, 3.63) is 65.7 Å². The molecule has 1 aliphatic rings. The molecule has 0 N–H and O–H groups in total. The highest BCUT2D eigenvalue weighted by Crippen LogP contribution is 2.41. The highest BCUT2D eigenvalue weighted by molar-refractivity contribution is 7.90. The molecule has 0 atom stereocenters. The molecule has 1 aliphatic carbocycles. The van der Waals surface area contributed by atoms with Gasteiger partial charge in [0.25, 0.3) is 0 Å². The van der Waals surface area contributed by atoms with E-state index in [1.807, 2.05) is 63.2 Å². The molecule has 0 spiro atoms. The van der Waals surface area contributed by atoms with Gasteiger partial charge in [0.05, 0.1) is 10.6 Å². The quantitative estimate of drug-likeness (QED) is 0.742. The molecule has 0 saturated heterocycles. The van der Waals surface area contributed by atoms with Crippen molar-refractivity contribution >= 4 is 26.7 Å². The molecule has 5 heteroatoms. The van der Waals surface area contributed by atoms with Gasteiger partial charge in [-0.25, -0.2) is 8.42 Å². The summed E-state index contributed by atoms with van der Waals surface area (Å²) in [4.78, 5) is 5.93. The maximum Gasteiger partial charge on any atom is 0.175 e. The van der Waals surface area contributed by atoms with Gasteiger partial charge in [0.1, 0.15) is 5.60 Å². The molecule has 0 unspecified atom stereocenters. The number of rotatable bonds is 4. The first-order valence-electron chi connectivity index (χ1n) is 8.50. The largest absolute Gasteiger partial charge is 0.390 e. The number of benzene rings is 2. The van der Waals surface area contributed by atoms with Crippen LogP contribution in [0.5, 0.6) is 0 Å². The molecule has 0 amide bonds. The minimum absolute atomic E-state index is 0.326. The number of hydrogen-bond acceptors (Lipinski definition) is 4. The highest BCUT2D eigenvalue weighted by Gasteiger charge is 2.29. The Balaban J connectivity index is 2.02. The van der Waals surface area contributed by atoms with Crippen LogP contribution in [0, 0.1) is 0 Å². The minimum Gasteiger partial charge on any atom is -0.390 e. The highest BCUT2D eigenvalue weighted by atomic mass is 32.2. The van der Waals surface area contributed by atoms with Crippen LogP contribution in [0.1, 0.15) is 38.3 Å². The van der Waals surface area contributed by atoms with Gasteiger partial charge in [-0.2, -0.15) is 0 Å². The van der Waals surface area contributed by atoms with Crippen molar-refractivity contribution in [3.8, 4) is 0 Å². The molecule has 2 aromatic carbocycles. The SMILES string of the molecule is CC(C)(C)ON=C1CC(c2ccc(S(C)(=O)=O)cc2)=C1c1ccccc1. The Labute approximate surface area is 155 Å². The van der Waals surface area contributed by atoms with Gasteiger partial charge in [-0.15, -0.1) is 0 Å². The maximum absolute atomic E-state index is 11.7. The Morgan fingerprint density at radius 2 is 1.54 bits per heavy atom. The van der Waals surface area contributed by atoms with E-state index >= 15 is 0 Å². The van der Waals surface area contributed by atoms with Crippen LogP contribution in [0.4, 0.5) is 0 Å². The Morgan fingerprint density at radius 1 is 0.923 bits per heavy atom. The Morgan fingerprint density at radius 3 is 2.08 bits per heavy atom. The summed E-state index contributed by atoms with van der Waals surface area (Å²) in [6.45, 7) is 5.89. The molecule has 26 heavy (non-hydrogen) atoms. The van der Waals surface area contributed by atoms with Crippen molar-refractivity contribution in [2.75, 3.05) is 6.26 Å². The first-order valence-corrected chi connectivity index (χ1v) is 10.4. The lowest BCUT2D eigenvalue weighted by atomic mass is 9.78. The van der Waals surface area contributed by atoms with E-state index in [9.17, 15) is 8.42 Å². The third-order valence-electron chi connectivity index (χ3n) is 4.06. The van der Waals surface area contributed by atoms with Crippen molar-refractivity contribution in [3.63, 3.8) is 0 Å². The molecule has 0 aliphatic heterocycles. The number of hydrogen-bond donors (Lipinski definition) is 0. The third-order valence-corrected chi connectivity index (χ3v) is 5.19. The molecule has 0 fully saturated rings. The summed E-state index contributed by atoms with van der Waals surface area (Å²) in [6, 6.07) is 17.1. The third kappa shape index (κ3) is 4.05. The lowest BCUT2D eigenvalue weighted by Crippen LogP contribution is -2.21. The summed E-state index contributed by atoms with van der Waals surface area (Å²) in [7, 11) is -3.20. The zero-order valence-electron chi connectivity index (χ0n) is 15.5. The molecule has 4 nitrogen and oxygen atoms in total. The summed E-state index contributed by atoms with van der Waals surface area (Å²) in [5.74, 6) is 0. The molecule has 0 bridgehead atoms. The van der Waals surface area contributed by atoms with Crippen LogP contribution in [0.2, 0.25) is 0 Å². The van der Waals surface area contributed by atoms with Crippen LogP contribution in [0.25, 0.3) is 11.1 Å². The molecule has 3 rings (SSSR count). The molecular formula is C21H23NO3S. The average molecular weight is 369 g/mol. The Kier molecular flexibility index (Phi) is 4.76. The molecule has 0 aromatic heterocycles. The van der Waals surface area contributed by atoms with Gasteiger partial charge in [-0.1, -0.05) is 47.6 Å². The lowest BCUT2D eigenvalue weighted by molar-refractivity contribution is 0.000892. The minimum atomic E-state index is -3.20. The fraction of sp³-hybridized carbons (Fsp3) is 0.286. The summed E-state index contributed by atoms with van der Waals surface area (Å²) in [6.07, 6.45) is 1.91. The molecule has 136 valence electrons. The summed E-state index contributed by atoms with van der Waals surface area (Å²) in [5, 5.41) is 4.35. The maximum atomic E-state index is 11.7. The van der Waals surface area contributed by atoms with Crippen molar-refractivity contribution in [2.45, 2.75) is 37.7 Å². The number of allylic oxidation sites excluding steroid dienone is 2. The second-order valence-electron chi connectivity index (χ2n) is 7.43. The van der Waals surface area contributed by atoms with Crippen molar-refractivity contribution < 1.29 is 13.3 Å². The van der Waals surface area contributed by atoms with E-state index in [1.54, 1.807) is 12.1 Å².